The van der Waals surface area contributed by atoms with E-state index in [4.69, 9.17) is 9.63 Å². The van der Waals surface area contributed by atoms with Gasteiger partial charge >= 0.3 is 5.97 Å². The van der Waals surface area contributed by atoms with E-state index in [0.29, 0.717) is 11.6 Å². The summed E-state index contributed by atoms with van der Waals surface area (Å²) in [5.41, 5.74) is 1.43. The Balaban J connectivity index is 2.12. The second-order valence-corrected chi connectivity index (χ2v) is 3.86. The lowest BCUT2D eigenvalue weighted by atomic mass is 10.0. The summed E-state index contributed by atoms with van der Waals surface area (Å²) in [6.07, 6.45) is 3.37. The molecule has 3 aromatic rings. The van der Waals surface area contributed by atoms with Gasteiger partial charge in [-0.3, -0.25) is 0 Å². The van der Waals surface area contributed by atoms with E-state index in [0.717, 1.165) is 11.1 Å². The topological polar surface area (TPSA) is 92.0 Å². The van der Waals surface area contributed by atoms with Gasteiger partial charge in [0.1, 0.15) is 5.82 Å². The van der Waals surface area contributed by atoms with Crippen LogP contribution in [-0.4, -0.2) is 26.2 Å². The molecule has 0 bridgehead atoms. The number of hydrogen-bond acceptors (Lipinski definition) is 4. The van der Waals surface area contributed by atoms with Gasteiger partial charge in [0.25, 0.3) is 0 Å². The van der Waals surface area contributed by atoms with Gasteiger partial charge < -0.3 is 14.6 Å². The predicted octanol–water partition coefficient (Wildman–Crippen LogP) is 2.43. The van der Waals surface area contributed by atoms with Crippen molar-refractivity contribution in [2.75, 3.05) is 0 Å². The molecule has 0 unspecified atom stereocenters. The highest BCUT2D eigenvalue weighted by atomic mass is 16.5. The molecule has 6 heteroatoms. The van der Waals surface area contributed by atoms with Gasteiger partial charge in [0.05, 0.1) is 0 Å². The summed E-state index contributed by atoms with van der Waals surface area (Å²) in [5.74, 6) is -0.0428. The van der Waals surface area contributed by atoms with Crippen LogP contribution >= 0.6 is 0 Å². The zero-order valence-corrected chi connectivity index (χ0v) is 9.70. The van der Waals surface area contributed by atoms with Crippen LogP contribution in [-0.2, 0) is 0 Å². The second kappa shape index (κ2) is 4.41. The van der Waals surface area contributed by atoms with E-state index in [1.807, 2.05) is 24.3 Å². The number of aromatic carboxylic acids is 1. The molecule has 1 aromatic carbocycles. The molecule has 0 spiro atoms. The molecule has 2 N–H and O–H groups in total. The third-order valence-electron chi connectivity index (χ3n) is 2.68. The van der Waals surface area contributed by atoms with Gasteiger partial charge in [-0.05, 0) is 0 Å². The summed E-state index contributed by atoms with van der Waals surface area (Å²) in [7, 11) is 0. The van der Waals surface area contributed by atoms with Crippen LogP contribution in [0.2, 0.25) is 0 Å². The summed E-state index contributed by atoms with van der Waals surface area (Å²) in [4.78, 5) is 18.0. The first kappa shape index (κ1) is 11.2. The van der Waals surface area contributed by atoms with Crippen LogP contribution in [0.15, 0.2) is 47.2 Å². The van der Waals surface area contributed by atoms with Crippen molar-refractivity contribution in [3.8, 4) is 22.7 Å². The largest absolute Gasteiger partial charge is 0.476 e. The molecule has 0 amide bonds. The molecule has 0 radical (unpaired) electrons. The Morgan fingerprint density at radius 2 is 2.05 bits per heavy atom. The summed E-state index contributed by atoms with van der Waals surface area (Å²) >= 11 is 0. The lowest BCUT2D eigenvalue weighted by Crippen LogP contribution is -1.94. The van der Waals surface area contributed by atoms with Crippen molar-refractivity contribution in [1.29, 1.82) is 0 Å². The van der Waals surface area contributed by atoms with E-state index in [2.05, 4.69) is 15.1 Å². The predicted molar refractivity (Wildman–Crippen MR) is 66.5 cm³/mol. The number of H-pyrrole nitrogens is 1. The van der Waals surface area contributed by atoms with Gasteiger partial charge in [0.2, 0.25) is 0 Å². The van der Waals surface area contributed by atoms with Crippen molar-refractivity contribution >= 4 is 5.97 Å². The zero-order chi connectivity index (χ0) is 13.2. The molecule has 0 atom stereocenters. The Labute approximate surface area is 107 Å². The number of aromatic nitrogens is 3. The van der Waals surface area contributed by atoms with Crippen LogP contribution < -0.4 is 0 Å². The Bertz CT molecular complexity index is 716. The van der Waals surface area contributed by atoms with Crippen LogP contribution in [0.5, 0.6) is 0 Å². The number of carboxylic acid groups (broad SMARTS) is 1. The summed E-state index contributed by atoms with van der Waals surface area (Å²) in [6.45, 7) is 0. The van der Waals surface area contributed by atoms with Gasteiger partial charge in [0.15, 0.2) is 11.5 Å². The van der Waals surface area contributed by atoms with Crippen molar-refractivity contribution in [3.63, 3.8) is 0 Å². The maximum Gasteiger partial charge on any atom is 0.358 e. The minimum atomic E-state index is -1.12. The van der Waals surface area contributed by atoms with Gasteiger partial charge in [0, 0.05) is 29.6 Å². The number of hydrogen-bond donors (Lipinski definition) is 2. The summed E-state index contributed by atoms with van der Waals surface area (Å²) < 4.78 is 5.08. The van der Waals surface area contributed by atoms with Gasteiger partial charge in [-0.15, -0.1) is 0 Å². The normalized spacial score (nSPS) is 10.5. The lowest BCUT2D eigenvalue weighted by molar-refractivity contribution is 0.0686. The fourth-order valence-corrected chi connectivity index (χ4v) is 1.82. The van der Waals surface area contributed by atoms with Crippen molar-refractivity contribution in [3.05, 3.63) is 48.4 Å². The molecule has 0 saturated carbocycles. The molecule has 2 aromatic heterocycles. The minimum Gasteiger partial charge on any atom is -0.476 e. The number of benzene rings is 1. The van der Waals surface area contributed by atoms with E-state index in [1.54, 1.807) is 12.4 Å². The highest BCUT2D eigenvalue weighted by molar-refractivity contribution is 5.87. The molecular weight excluding hydrogens is 246 g/mol. The van der Waals surface area contributed by atoms with E-state index < -0.39 is 5.97 Å². The number of rotatable bonds is 3. The van der Waals surface area contributed by atoms with Crippen molar-refractivity contribution < 1.29 is 14.4 Å². The summed E-state index contributed by atoms with van der Waals surface area (Å²) in [6, 6.07) is 8.80. The average molecular weight is 255 g/mol. The smallest absolute Gasteiger partial charge is 0.358 e. The number of carbonyl (C=O) groups is 1. The Kier molecular flexibility index (Phi) is 2.60. The zero-order valence-electron chi connectivity index (χ0n) is 9.70. The van der Waals surface area contributed by atoms with Crippen LogP contribution in [0.25, 0.3) is 22.7 Å². The third kappa shape index (κ3) is 1.99. The molecule has 0 aliphatic heterocycles. The van der Waals surface area contributed by atoms with E-state index in [-0.39, 0.29) is 5.69 Å². The Hall–Kier alpha value is -2.89. The van der Waals surface area contributed by atoms with Crippen LogP contribution in [0, 0.1) is 0 Å². The Morgan fingerprint density at radius 1 is 1.26 bits per heavy atom. The molecule has 0 fully saturated rings. The SMILES string of the molecule is O=C(O)c1cc(-c2ccccc2-c2ncc[nH]2)on1. The van der Waals surface area contributed by atoms with E-state index in [9.17, 15) is 4.79 Å². The highest BCUT2D eigenvalue weighted by Crippen LogP contribution is 2.30. The van der Waals surface area contributed by atoms with Crippen molar-refractivity contribution in [2.24, 2.45) is 0 Å². The first-order chi connectivity index (χ1) is 9.25. The lowest BCUT2D eigenvalue weighted by Gasteiger charge is -2.03. The van der Waals surface area contributed by atoms with E-state index >= 15 is 0 Å². The molecule has 2 heterocycles. The Morgan fingerprint density at radius 3 is 2.68 bits per heavy atom. The molecule has 0 aliphatic carbocycles. The van der Waals surface area contributed by atoms with Crippen LogP contribution in [0.4, 0.5) is 0 Å². The van der Waals surface area contributed by atoms with Gasteiger partial charge in [-0.1, -0.05) is 29.4 Å². The fourth-order valence-electron chi connectivity index (χ4n) is 1.82. The maximum absolute atomic E-state index is 10.8. The molecule has 6 nitrogen and oxygen atoms in total. The number of imidazole rings is 1. The maximum atomic E-state index is 10.8. The highest BCUT2D eigenvalue weighted by Gasteiger charge is 2.16. The quantitative estimate of drug-likeness (QED) is 0.749. The molecular formula is C13H9N3O3. The third-order valence-corrected chi connectivity index (χ3v) is 2.68. The number of carboxylic acids is 1. The van der Waals surface area contributed by atoms with Crippen LogP contribution in [0.1, 0.15) is 10.5 Å². The number of aromatic amines is 1. The monoisotopic (exact) mass is 255 g/mol. The van der Waals surface area contributed by atoms with E-state index in [1.165, 1.54) is 6.07 Å². The number of nitrogens with one attached hydrogen (secondary N) is 1. The fraction of sp³-hybridized carbons (Fsp3) is 0. The number of nitrogens with zero attached hydrogens (tertiary/aromatic N) is 2. The molecule has 0 aliphatic rings. The van der Waals surface area contributed by atoms with Crippen LogP contribution in [0.3, 0.4) is 0 Å². The first-order valence-electron chi connectivity index (χ1n) is 5.55. The van der Waals surface area contributed by atoms with Gasteiger partial charge in [-0.25, -0.2) is 9.78 Å². The standard InChI is InChI=1S/C13H9N3O3/c17-13(18)10-7-11(19-16-10)8-3-1-2-4-9(8)12-14-5-6-15-12/h1-7H,(H,14,15)(H,17,18). The molecule has 19 heavy (non-hydrogen) atoms. The average Bonchev–Trinajstić information content (AvgIpc) is 3.10. The summed E-state index contributed by atoms with van der Waals surface area (Å²) in [5, 5.41) is 12.4. The van der Waals surface area contributed by atoms with Crippen molar-refractivity contribution in [2.45, 2.75) is 0 Å². The first-order valence-corrected chi connectivity index (χ1v) is 5.55. The van der Waals surface area contributed by atoms with Crippen molar-refractivity contribution in [1.82, 2.24) is 15.1 Å². The minimum absolute atomic E-state index is 0.121. The molecule has 0 saturated heterocycles. The molecule has 3 rings (SSSR count). The van der Waals surface area contributed by atoms with Gasteiger partial charge in [-0.2, -0.15) is 0 Å². The second-order valence-electron chi connectivity index (χ2n) is 3.86. The molecule has 94 valence electrons.